The van der Waals surface area contributed by atoms with Crippen LogP contribution in [0.3, 0.4) is 0 Å². The molecular weight excluding hydrogens is 169 g/mol. The lowest BCUT2D eigenvalue weighted by molar-refractivity contribution is 0.191. The Morgan fingerprint density at radius 2 is 2.31 bits per heavy atom. The minimum absolute atomic E-state index is 0.628. The molecule has 0 spiro atoms. The van der Waals surface area contributed by atoms with Crippen molar-refractivity contribution in [2.45, 2.75) is 13.0 Å². The second-order valence-electron chi connectivity index (χ2n) is 3.11. The monoisotopic (exact) mass is 181 g/mol. The van der Waals surface area contributed by atoms with Crippen LogP contribution in [-0.4, -0.2) is 13.4 Å². The normalized spacial score (nSPS) is 15.2. The molecule has 0 amide bonds. The third kappa shape index (κ3) is 1.80. The zero-order valence-corrected chi connectivity index (χ0v) is 7.35. The zero-order chi connectivity index (χ0) is 9.10. The molecular formula is C10H12FNO. The summed E-state index contributed by atoms with van der Waals surface area (Å²) in [5.74, 6) is 0.628. The average Bonchev–Trinajstić information content (AvgIpc) is 2.18. The Morgan fingerprint density at radius 3 is 3.15 bits per heavy atom. The van der Waals surface area contributed by atoms with Gasteiger partial charge in [0.1, 0.15) is 5.75 Å². The number of fused-ring (bicyclic) bond motifs is 1. The minimum Gasteiger partial charge on any atom is -0.463 e. The van der Waals surface area contributed by atoms with Gasteiger partial charge in [-0.3, -0.25) is 0 Å². The molecule has 0 bridgehead atoms. The second kappa shape index (κ2) is 3.75. The summed E-state index contributed by atoms with van der Waals surface area (Å²) in [5, 5.41) is 3.28. The Kier molecular flexibility index (Phi) is 2.45. The molecule has 0 fully saturated rings. The Hall–Kier alpha value is -1.09. The lowest BCUT2D eigenvalue weighted by Gasteiger charge is -2.17. The average molecular weight is 181 g/mol. The van der Waals surface area contributed by atoms with Gasteiger partial charge in [0.2, 0.25) is 6.86 Å². The smallest absolute Gasteiger partial charge is 0.228 e. The van der Waals surface area contributed by atoms with Crippen LogP contribution >= 0.6 is 0 Å². The molecule has 13 heavy (non-hydrogen) atoms. The van der Waals surface area contributed by atoms with Gasteiger partial charge in [0, 0.05) is 6.54 Å². The SMILES string of the molecule is FCOc1ccc2c(c1)CCNC2. The number of halogens is 1. The van der Waals surface area contributed by atoms with E-state index in [-0.39, 0.29) is 0 Å². The highest BCUT2D eigenvalue weighted by Crippen LogP contribution is 2.20. The molecule has 1 N–H and O–H groups in total. The van der Waals surface area contributed by atoms with Crippen LogP contribution in [0.1, 0.15) is 11.1 Å². The van der Waals surface area contributed by atoms with Gasteiger partial charge in [0.25, 0.3) is 0 Å². The van der Waals surface area contributed by atoms with Crippen molar-refractivity contribution in [3.63, 3.8) is 0 Å². The van der Waals surface area contributed by atoms with E-state index in [4.69, 9.17) is 4.74 Å². The van der Waals surface area contributed by atoms with Crippen molar-refractivity contribution in [3.8, 4) is 5.75 Å². The van der Waals surface area contributed by atoms with E-state index in [1.807, 2.05) is 18.2 Å². The predicted octanol–water partition coefficient (Wildman–Crippen LogP) is 1.64. The minimum atomic E-state index is -0.753. The summed E-state index contributed by atoms with van der Waals surface area (Å²) in [5.41, 5.74) is 2.56. The molecule has 0 atom stereocenters. The zero-order valence-electron chi connectivity index (χ0n) is 7.35. The number of hydrogen-bond acceptors (Lipinski definition) is 2. The predicted molar refractivity (Wildman–Crippen MR) is 48.5 cm³/mol. The summed E-state index contributed by atoms with van der Waals surface area (Å²) in [6.45, 7) is 1.15. The number of hydrogen-bond donors (Lipinski definition) is 1. The molecule has 70 valence electrons. The van der Waals surface area contributed by atoms with E-state index < -0.39 is 6.86 Å². The molecule has 3 heteroatoms. The van der Waals surface area contributed by atoms with E-state index in [0.717, 1.165) is 19.5 Å². The molecule has 2 rings (SSSR count). The van der Waals surface area contributed by atoms with E-state index in [1.54, 1.807) is 0 Å². The fraction of sp³-hybridized carbons (Fsp3) is 0.400. The van der Waals surface area contributed by atoms with Crippen LogP contribution in [0.5, 0.6) is 5.75 Å². The standard InChI is InChI=1S/C10H12FNO/c11-7-13-10-2-1-9-6-12-4-3-8(9)5-10/h1-2,5,12H,3-4,6-7H2. The molecule has 1 aromatic rings. The van der Waals surface area contributed by atoms with Crippen LogP contribution in [0.25, 0.3) is 0 Å². The maximum atomic E-state index is 11.9. The van der Waals surface area contributed by atoms with Gasteiger partial charge >= 0.3 is 0 Å². The van der Waals surface area contributed by atoms with Crippen molar-refractivity contribution >= 4 is 0 Å². The molecule has 0 saturated carbocycles. The Bertz CT molecular complexity index is 301. The highest BCUT2D eigenvalue weighted by atomic mass is 19.1. The summed E-state index contributed by atoms with van der Waals surface area (Å²) in [4.78, 5) is 0. The molecule has 0 radical (unpaired) electrons. The lowest BCUT2D eigenvalue weighted by Crippen LogP contribution is -2.23. The van der Waals surface area contributed by atoms with E-state index in [0.29, 0.717) is 5.75 Å². The topological polar surface area (TPSA) is 21.3 Å². The molecule has 0 unspecified atom stereocenters. The van der Waals surface area contributed by atoms with Crippen molar-refractivity contribution in [1.29, 1.82) is 0 Å². The number of alkyl halides is 1. The molecule has 2 nitrogen and oxygen atoms in total. The molecule has 1 aromatic carbocycles. The summed E-state index contributed by atoms with van der Waals surface area (Å²) in [6.07, 6.45) is 0.999. The molecule has 0 aromatic heterocycles. The fourth-order valence-corrected chi connectivity index (χ4v) is 1.61. The first-order valence-electron chi connectivity index (χ1n) is 4.41. The highest BCUT2D eigenvalue weighted by molar-refractivity contribution is 5.36. The van der Waals surface area contributed by atoms with Crippen LogP contribution in [0.15, 0.2) is 18.2 Å². The van der Waals surface area contributed by atoms with Gasteiger partial charge in [0.15, 0.2) is 0 Å². The summed E-state index contributed by atoms with van der Waals surface area (Å²) in [6, 6.07) is 5.73. The van der Waals surface area contributed by atoms with Crippen molar-refractivity contribution in [3.05, 3.63) is 29.3 Å². The van der Waals surface area contributed by atoms with E-state index in [2.05, 4.69) is 5.32 Å². The highest BCUT2D eigenvalue weighted by Gasteiger charge is 2.08. The third-order valence-corrected chi connectivity index (χ3v) is 2.29. The molecule has 1 heterocycles. The van der Waals surface area contributed by atoms with E-state index >= 15 is 0 Å². The maximum Gasteiger partial charge on any atom is 0.228 e. The number of benzene rings is 1. The third-order valence-electron chi connectivity index (χ3n) is 2.29. The van der Waals surface area contributed by atoms with Crippen molar-refractivity contribution < 1.29 is 9.13 Å². The van der Waals surface area contributed by atoms with Crippen molar-refractivity contribution in [2.24, 2.45) is 0 Å². The second-order valence-corrected chi connectivity index (χ2v) is 3.11. The molecule has 1 aliphatic heterocycles. The first-order valence-corrected chi connectivity index (χ1v) is 4.41. The van der Waals surface area contributed by atoms with Crippen LogP contribution < -0.4 is 10.1 Å². The van der Waals surface area contributed by atoms with Gasteiger partial charge in [-0.1, -0.05) is 6.07 Å². The Labute approximate surface area is 76.7 Å². The Balaban J connectivity index is 2.24. The summed E-state index contributed by atoms with van der Waals surface area (Å²) >= 11 is 0. The van der Waals surface area contributed by atoms with Crippen molar-refractivity contribution in [2.75, 3.05) is 13.4 Å². The molecule has 0 saturated heterocycles. The first kappa shape index (κ1) is 8.51. The van der Waals surface area contributed by atoms with E-state index in [9.17, 15) is 4.39 Å². The first-order chi connectivity index (χ1) is 6.40. The summed E-state index contributed by atoms with van der Waals surface area (Å²) < 4.78 is 16.7. The van der Waals surface area contributed by atoms with Crippen LogP contribution in [0.2, 0.25) is 0 Å². The van der Waals surface area contributed by atoms with Gasteiger partial charge in [-0.25, -0.2) is 4.39 Å². The van der Waals surface area contributed by atoms with Crippen LogP contribution in [0.4, 0.5) is 4.39 Å². The Morgan fingerprint density at radius 1 is 1.38 bits per heavy atom. The van der Waals surface area contributed by atoms with Crippen LogP contribution in [-0.2, 0) is 13.0 Å². The van der Waals surface area contributed by atoms with Gasteiger partial charge in [-0.2, -0.15) is 0 Å². The van der Waals surface area contributed by atoms with Gasteiger partial charge in [-0.05, 0) is 36.2 Å². The number of rotatable bonds is 2. The van der Waals surface area contributed by atoms with Crippen LogP contribution in [0, 0.1) is 0 Å². The maximum absolute atomic E-state index is 11.9. The molecule has 1 aliphatic rings. The lowest BCUT2D eigenvalue weighted by atomic mass is 10.0. The largest absolute Gasteiger partial charge is 0.463 e. The van der Waals surface area contributed by atoms with E-state index in [1.165, 1.54) is 11.1 Å². The van der Waals surface area contributed by atoms with Gasteiger partial charge in [0.05, 0.1) is 0 Å². The fourth-order valence-electron chi connectivity index (χ4n) is 1.61. The summed E-state index contributed by atoms with van der Waals surface area (Å²) in [7, 11) is 0. The number of ether oxygens (including phenoxy) is 1. The number of nitrogens with one attached hydrogen (secondary N) is 1. The van der Waals surface area contributed by atoms with Crippen molar-refractivity contribution in [1.82, 2.24) is 5.32 Å². The van der Waals surface area contributed by atoms with Gasteiger partial charge < -0.3 is 10.1 Å². The molecule has 0 aliphatic carbocycles. The van der Waals surface area contributed by atoms with Gasteiger partial charge in [-0.15, -0.1) is 0 Å². The quantitative estimate of drug-likeness (QED) is 0.748.